The fourth-order valence-corrected chi connectivity index (χ4v) is 4.65. The van der Waals surface area contributed by atoms with Crippen LogP contribution in [0.1, 0.15) is 50.6 Å². The van der Waals surface area contributed by atoms with Gasteiger partial charge in [-0.2, -0.15) is 0 Å². The van der Waals surface area contributed by atoms with Gasteiger partial charge in [-0.1, -0.05) is 12.1 Å². The van der Waals surface area contributed by atoms with Crippen LogP contribution in [0.5, 0.6) is 5.75 Å². The van der Waals surface area contributed by atoms with E-state index >= 15 is 0 Å². The maximum atomic E-state index is 14.0. The number of carbonyl (C=O) groups is 2. The number of fused-ring (bicyclic) bond motifs is 1. The molecule has 1 N–H and O–H groups in total. The minimum atomic E-state index is -0.540. The maximum Gasteiger partial charge on any atom is 0.253 e. The molecule has 0 atom stereocenters. The highest BCUT2D eigenvalue weighted by atomic mass is 19.1. The molecule has 2 amide bonds. The van der Waals surface area contributed by atoms with Crippen LogP contribution in [0.4, 0.5) is 4.39 Å². The zero-order chi connectivity index (χ0) is 25.1. The summed E-state index contributed by atoms with van der Waals surface area (Å²) >= 11 is 0. The predicted molar refractivity (Wildman–Crippen MR) is 134 cm³/mol. The number of methoxy groups -OCH3 is 1. The smallest absolute Gasteiger partial charge is 0.253 e. The number of likely N-dealkylation sites (tertiary alicyclic amines) is 1. The second-order valence-electron chi connectivity index (χ2n) is 8.95. The van der Waals surface area contributed by atoms with Crippen molar-refractivity contribution >= 4 is 17.5 Å². The zero-order valence-corrected chi connectivity index (χ0v) is 20.0. The van der Waals surface area contributed by atoms with Gasteiger partial charge in [0.05, 0.1) is 7.11 Å². The molecule has 1 aliphatic heterocycles. The van der Waals surface area contributed by atoms with Crippen molar-refractivity contribution in [3.63, 3.8) is 0 Å². The first-order valence-electron chi connectivity index (χ1n) is 11.9. The highest BCUT2D eigenvalue weighted by Crippen LogP contribution is 2.29. The van der Waals surface area contributed by atoms with Gasteiger partial charge in [0.1, 0.15) is 5.65 Å². The molecule has 184 valence electrons. The fourth-order valence-electron chi connectivity index (χ4n) is 4.65. The van der Waals surface area contributed by atoms with Crippen LogP contribution in [-0.2, 0) is 6.54 Å². The Kier molecular flexibility index (Phi) is 6.66. The number of halogens is 1. The van der Waals surface area contributed by atoms with Crippen LogP contribution in [0.2, 0.25) is 0 Å². The number of hydrogen-bond acceptors (Lipinski definition) is 4. The van der Waals surface area contributed by atoms with Gasteiger partial charge in [0.25, 0.3) is 11.8 Å². The van der Waals surface area contributed by atoms with E-state index in [1.54, 1.807) is 17.2 Å². The highest BCUT2D eigenvalue weighted by Gasteiger charge is 2.25. The molecule has 7 nitrogen and oxygen atoms in total. The molecule has 1 fully saturated rings. The summed E-state index contributed by atoms with van der Waals surface area (Å²) in [6.45, 7) is 1.62. The van der Waals surface area contributed by atoms with Gasteiger partial charge >= 0.3 is 0 Å². The van der Waals surface area contributed by atoms with Gasteiger partial charge < -0.3 is 19.4 Å². The summed E-state index contributed by atoms with van der Waals surface area (Å²) in [6, 6.07) is 15.9. The molecule has 2 aromatic heterocycles. The molecule has 8 heteroatoms. The van der Waals surface area contributed by atoms with Crippen LogP contribution >= 0.6 is 0 Å². The highest BCUT2D eigenvalue weighted by molar-refractivity contribution is 5.95. The number of rotatable bonds is 6. The molecule has 3 heterocycles. The lowest BCUT2D eigenvalue weighted by Gasteiger charge is -2.32. The number of aromatic nitrogens is 2. The quantitative estimate of drug-likeness (QED) is 0.438. The molecular weight excluding hydrogens is 459 g/mol. The summed E-state index contributed by atoms with van der Waals surface area (Å²) in [5, 5.41) is 2.96. The van der Waals surface area contributed by atoms with Crippen LogP contribution in [0.15, 0.2) is 73.2 Å². The number of carbonyl (C=O) groups excluding carboxylic acids is 2. The Labute approximate surface area is 208 Å². The predicted octanol–water partition coefficient (Wildman–Crippen LogP) is 4.43. The number of nitrogens with one attached hydrogen (secondary N) is 1. The minimum Gasteiger partial charge on any atom is -0.494 e. The summed E-state index contributed by atoms with van der Waals surface area (Å²) in [6.07, 6.45) is 7.16. The Bertz CT molecular complexity index is 1390. The lowest BCUT2D eigenvalue weighted by atomic mass is 9.88. The SMILES string of the molecule is COc1ccc(C(=O)N2CCC(c3ccc(C(=O)NCc4ccn5ccnc5c4)cc3)CC2)cc1F. The van der Waals surface area contributed by atoms with E-state index in [4.69, 9.17) is 4.74 Å². The van der Waals surface area contributed by atoms with Crippen molar-refractivity contribution < 1.29 is 18.7 Å². The molecule has 0 saturated carbocycles. The Balaban J connectivity index is 1.14. The Hall–Kier alpha value is -4.20. The van der Waals surface area contributed by atoms with Crippen LogP contribution in [-0.4, -0.2) is 46.3 Å². The fraction of sp³-hybridized carbons (Fsp3) is 0.250. The number of imidazole rings is 1. The number of benzene rings is 2. The van der Waals surface area contributed by atoms with Gasteiger partial charge in [-0.25, -0.2) is 9.37 Å². The molecule has 2 aromatic carbocycles. The van der Waals surface area contributed by atoms with Gasteiger partial charge in [0.15, 0.2) is 11.6 Å². The molecule has 1 saturated heterocycles. The minimum absolute atomic E-state index is 0.123. The van der Waals surface area contributed by atoms with E-state index in [-0.39, 0.29) is 17.6 Å². The van der Waals surface area contributed by atoms with Crippen LogP contribution in [0, 0.1) is 5.82 Å². The Morgan fingerprint density at radius 2 is 1.78 bits per heavy atom. The first kappa shape index (κ1) is 23.5. The van der Waals surface area contributed by atoms with Crippen molar-refractivity contribution in [1.82, 2.24) is 19.6 Å². The number of ether oxygens (including phenoxy) is 1. The second kappa shape index (κ2) is 10.2. The van der Waals surface area contributed by atoms with Crippen LogP contribution in [0.25, 0.3) is 5.65 Å². The van der Waals surface area contributed by atoms with E-state index in [0.717, 1.165) is 29.6 Å². The third kappa shape index (κ3) is 4.93. The largest absolute Gasteiger partial charge is 0.494 e. The Morgan fingerprint density at radius 1 is 1.03 bits per heavy atom. The lowest BCUT2D eigenvalue weighted by molar-refractivity contribution is 0.0712. The van der Waals surface area contributed by atoms with E-state index in [1.165, 1.54) is 19.2 Å². The van der Waals surface area contributed by atoms with Gasteiger partial charge in [0.2, 0.25) is 0 Å². The zero-order valence-electron chi connectivity index (χ0n) is 20.0. The number of amides is 2. The molecule has 4 aromatic rings. The molecule has 0 spiro atoms. The van der Waals surface area contributed by atoms with Gasteiger partial charge in [-0.3, -0.25) is 9.59 Å². The van der Waals surface area contributed by atoms with E-state index < -0.39 is 5.82 Å². The first-order chi connectivity index (χ1) is 17.5. The molecule has 0 bridgehead atoms. The topological polar surface area (TPSA) is 75.9 Å². The van der Waals surface area contributed by atoms with Crippen molar-refractivity contribution in [3.05, 3.63) is 101 Å². The molecule has 0 unspecified atom stereocenters. The monoisotopic (exact) mass is 486 g/mol. The standard InChI is InChI=1S/C28H27FN4O3/c1-36-25-7-6-23(17-24(25)29)28(35)33-13-9-21(10-14-33)20-2-4-22(5-3-20)27(34)31-18-19-8-12-32-15-11-30-26(32)16-19/h2-8,11-12,15-17,21H,9-10,13-14,18H2,1H3,(H,31,34). The summed E-state index contributed by atoms with van der Waals surface area (Å²) in [5.74, 6) is -0.412. The van der Waals surface area contributed by atoms with E-state index in [2.05, 4.69) is 10.3 Å². The Morgan fingerprint density at radius 3 is 2.50 bits per heavy atom. The van der Waals surface area contributed by atoms with Crippen molar-refractivity contribution in [3.8, 4) is 5.75 Å². The lowest BCUT2D eigenvalue weighted by Crippen LogP contribution is -2.38. The average Bonchev–Trinajstić information content (AvgIpc) is 3.39. The number of nitrogens with zero attached hydrogens (tertiary/aromatic N) is 3. The maximum absolute atomic E-state index is 14.0. The van der Waals surface area contributed by atoms with E-state index in [1.807, 2.05) is 53.2 Å². The normalized spacial score (nSPS) is 14.1. The molecule has 0 radical (unpaired) electrons. The van der Waals surface area contributed by atoms with Gasteiger partial charge in [-0.15, -0.1) is 0 Å². The summed E-state index contributed by atoms with van der Waals surface area (Å²) in [7, 11) is 1.40. The molecule has 36 heavy (non-hydrogen) atoms. The van der Waals surface area contributed by atoms with Gasteiger partial charge in [0, 0.05) is 49.4 Å². The molecule has 1 aliphatic rings. The molecular formula is C28H27FN4O3. The van der Waals surface area contributed by atoms with Crippen molar-refractivity contribution in [2.24, 2.45) is 0 Å². The number of hydrogen-bond donors (Lipinski definition) is 1. The summed E-state index contributed by atoms with van der Waals surface area (Å²) in [4.78, 5) is 31.5. The van der Waals surface area contributed by atoms with Crippen molar-refractivity contribution in [1.29, 1.82) is 0 Å². The first-order valence-corrected chi connectivity index (χ1v) is 11.9. The van der Waals surface area contributed by atoms with Crippen molar-refractivity contribution in [2.75, 3.05) is 20.2 Å². The number of pyridine rings is 1. The summed E-state index contributed by atoms with van der Waals surface area (Å²) in [5.41, 5.74) is 3.91. The third-order valence-electron chi connectivity index (χ3n) is 6.74. The molecule has 0 aliphatic carbocycles. The molecule has 5 rings (SSSR count). The third-order valence-corrected chi connectivity index (χ3v) is 6.74. The number of piperidine rings is 1. The van der Waals surface area contributed by atoms with Crippen LogP contribution < -0.4 is 10.1 Å². The average molecular weight is 487 g/mol. The van der Waals surface area contributed by atoms with E-state index in [9.17, 15) is 14.0 Å². The van der Waals surface area contributed by atoms with E-state index in [0.29, 0.717) is 36.7 Å². The summed E-state index contributed by atoms with van der Waals surface area (Å²) < 4.78 is 20.9. The second-order valence-corrected chi connectivity index (χ2v) is 8.95. The van der Waals surface area contributed by atoms with Gasteiger partial charge in [-0.05, 0) is 72.4 Å². The van der Waals surface area contributed by atoms with Crippen molar-refractivity contribution in [2.45, 2.75) is 25.3 Å². The van der Waals surface area contributed by atoms with Crippen LogP contribution in [0.3, 0.4) is 0 Å².